The summed E-state index contributed by atoms with van der Waals surface area (Å²) < 4.78 is 2.34. The minimum Gasteiger partial charge on any atom is -0.369 e. The number of likely N-dealkylation sites (tertiary alicyclic amines) is 1. The number of piperidine rings is 1. The first-order valence-corrected chi connectivity index (χ1v) is 8.03. The number of fused-ring (bicyclic) bond motifs is 1. The predicted octanol–water partition coefficient (Wildman–Crippen LogP) is 2.28. The maximum atomic E-state index is 11.2. The van der Waals surface area contributed by atoms with Crippen LogP contribution in [0.2, 0.25) is 0 Å². The largest absolute Gasteiger partial charge is 0.369 e. The van der Waals surface area contributed by atoms with Gasteiger partial charge in [-0.25, -0.2) is 4.98 Å². The standard InChI is InChI=1S/C17H24N4O/c1-12(2)21-15-8-4-3-7-14(15)19-17(21)13-6-5-9-20(10-13)11-16(18)22/h3-4,7-8,12-13H,5-6,9-11H2,1-2H3,(H2,18,22)/t13-/m0/s1. The van der Waals surface area contributed by atoms with Crippen molar-refractivity contribution in [2.45, 2.75) is 38.6 Å². The Labute approximate surface area is 131 Å². The van der Waals surface area contributed by atoms with E-state index in [-0.39, 0.29) is 5.91 Å². The first kappa shape index (κ1) is 15.0. The molecule has 5 heteroatoms. The number of benzene rings is 1. The molecule has 0 bridgehead atoms. The van der Waals surface area contributed by atoms with Crippen LogP contribution in [0, 0.1) is 0 Å². The fraction of sp³-hybridized carbons (Fsp3) is 0.529. The number of carbonyl (C=O) groups excluding carboxylic acids is 1. The second-order valence-electron chi connectivity index (χ2n) is 6.46. The molecule has 1 aliphatic heterocycles. The first-order chi connectivity index (χ1) is 10.6. The molecule has 1 aromatic heterocycles. The number of hydrogen-bond donors (Lipinski definition) is 1. The molecule has 1 aliphatic rings. The molecule has 0 unspecified atom stereocenters. The quantitative estimate of drug-likeness (QED) is 0.942. The Morgan fingerprint density at radius 2 is 2.18 bits per heavy atom. The highest BCUT2D eigenvalue weighted by Gasteiger charge is 2.27. The van der Waals surface area contributed by atoms with E-state index < -0.39 is 0 Å². The number of primary amides is 1. The summed E-state index contributed by atoms with van der Waals surface area (Å²) >= 11 is 0. The van der Waals surface area contributed by atoms with Gasteiger partial charge in [0.15, 0.2) is 0 Å². The van der Waals surface area contributed by atoms with Crippen LogP contribution >= 0.6 is 0 Å². The van der Waals surface area contributed by atoms with Gasteiger partial charge in [0.1, 0.15) is 5.82 Å². The van der Waals surface area contributed by atoms with E-state index in [1.807, 2.05) is 6.07 Å². The molecule has 1 fully saturated rings. The van der Waals surface area contributed by atoms with Crippen molar-refractivity contribution in [1.82, 2.24) is 14.5 Å². The van der Waals surface area contributed by atoms with Gasteiger partial charge in [0.05, 0.1) is 17.6 Å². The third kappa shape index (κ3) is 2.86. The number of aromatic nitrogens is 2. The third-order valence-corrected chi connectivity index (χ3v) is 4.39. The average Bonchev–Trinajstić information content (AvgIpc) is 2.86. The van der Waals surface area contributed by atoms with E-state index in [1.165, 1.54) is 5.52 Å². The van der Waals surface area contributed by atoms with E-state index in [2.05, 4.69) is 41.5 Å². The molecule has 1 saturated heterocycles. The number of carbonyl (C=O) groups is 1. The van der Waals surface area contributed by atoms with Crippen LogP contribution in [0.4, 0.5) is 0 Å². The van der Waals surface area contributed by atoms with Gasteiger partial charge < -0.3 is 10.3 Å². The van der Waals surface area contributed by atoms with E-state index in [4.69, 9.17) is 10.7 Å². The van der Waals surface area contributed by atoms with Crippen LogP contribution < -0.4 is 5.73 Å². The molecule has 2 heterocycles. The number of nitrogens with zero attached hydrogens (tertiary/aromatic N) is 3. The Morgan fingerprint density at radius 3 is 2.91 bits per heavy atom. The van der Waals surface area contributed by atoms with Crippen LogP contribution in [0.1, 0.15) is 44.5 Å². The van der Waals surface area contributed by atoms with E-state index in [0.29, 0.717) is 18.5 Å². The van der Waals surface area contributed by atoms with Crippen molar-refractivity contribution >= 4 is 16.9 Å². The van der Waals surface area contributed by atoms with Crippen molar-refractivity contribution in [2.75, 3.05) is 19.6 Å². The average molecular weight is 300 g/mol. The van der Waals surface area contributed by atoms with Gasteiger partial charge in [-0.05, 0) is 45.4 Å². The Balaban J connectivity index is 1.95. The summed E-state index contributed by atoms with van der Waals surface area (Å²) in [7, 11) is 0. The summed E-state index contributed by atoms with van der Waals surface area (Å²) in [6, 6.07) is 8.67. The molecule has 2 N–H and O–H groups in total. The summed E-state index contributed by atoms with van der Waals surface area (Å²) in [6.07, 6.45) is 2.20. The Kier molecular flexibility index (Phi) is 4.16. The van der Waals surface area contributed by atoms with Gasteiger partial charge in [-0.15, -0.1) is 0 Å². The van der Waals surface area contributed by atoms with Gasteiger partial charge in [0.2, 0.25) is 5.91 Å². The molecule has 1 amide bonds. The van der Waals surface area contributed by atoms with Gasteiger partial charge in [-0.3, -0.25) is 9.69 Å². The van der Waals surface area contributed by atoms with Crippen molar-refractivity contribution in [3.8, 4) is 0 Å². The molecule has 0 saturated carbocycles. The first-order valence-electron chi connectivity index (χ1n) is 8.03. The molecule has 1 atom stereocenters. The molecule has 2 aromatic rings. The molecule has 0 aliphatic carbocycles. The zero-order chi connectivity index (χ0) is 15.7. The number of imidazole rings is 1. The highest BCUT2D eigenvalue weighted by atomic mass is 16.1. The fourth-order valence-electron chi connectivity index (χ4n) is 3.52. The van der Waals surface area contributed by atoms with Crippen molar-refractivity contribution < 1.29 is 4.79 Å². The monoisotopic (exact) mass is 300 g/mol. The third-order valence-electron chi connectivity index (χ3n) is 4.39. The van der Waals surface area contributed by atoms with E-state index in [1.54, 1.807) is 0 Å². The SMILES string of the molecule is CC(C)n1c([C@H]2CCCN(CC(N)=O)C2)nc2ccccc21. The maximum Gasteiger partial charge on any atom is 0.231 e. The fourth-order valence-corrected chi connectivity index (χ4v) is 3.52. The van der Waals surface area contributed by atoms with E-state index in [9.17, 15) is 4.79 Å². The molecule has 118 valence electrons. The highest BCUT2D eigenvalue weighted by Crippen LogP contribution is 2.31. The van der Waals surface area contributed by atoms with Crippen molar-refractivity contribution in [2.24, 2.45) is 5.73 Å². The van der Waals surface area contributed by atoms with Crippen molar-refractivity contribution in [3.63, 3.8) is 0 Å². The van der Waals surface area contributed by atoms with Crippen LogP contribution in [0.15, 0.2) is 24.3 Å². The molecular formula is C17H24N4O. The van der Waals surface area contributed by atoms with Crippen molar-refractivity contribution in [1.29, 1.82) is 0 Å². The lowest BCUT2D eigenvalue weighted by Gasteiger charge is -2.32. The number of hydrogen-bond acceptors (Lipinski definition) is 3. The van der Waals surface area contributed by atoms with Gasteiger partial charge in [-0.1, -0.05) is 12.1 Å². The Morgan fingerprint density at radius 1 is 1.41 bits per heavy atom. The minimum atomic E-state index is -0.252. The number of rotatable bonds is 4. The zero-order valence-electron chi connectivity index (χ0n) is 13.3. The predicted molar refractivity (Wildman–Crippen MR) is 87.7 cm³/mol. The molecule has 22 heavy (non-hydrogen) atoms. The molecule has 3 rings (SSSR count). The lowest BCUT2D eigenvalue weighted by Crippen LogP contribution is -2.40. The van der Waals surface area contributed by atoms with Crippen LogP contribution in [0.25, 0.3) is 11.0 Å². The molecule has 0 radical (unpaired) electrons. The van der Waals surface area contributed by atoms with E-state index in [0.717, 1.165) is 37.3 Å². The molecule has 0 spiro atoms. The van der Waals surface area contributed by atoms with Crippen LogP contribution in [-0.2, 0) is 4.79 Å². The molecule has 1 aromatic carbocycles. The number of para-hydroxylation sites is 2. The Bertz CT molecular complexity index is 676. The molecule has 5 nitrogen and oxygen atoms in total. The highest BCUT2D eigenvalue weighted by molar-refractivity contribution is 5.76. The summed E-state index contributed by atoms with van der Waals surface area (Å²) in [4.78, 5) is 18.2. The normalized spacial score (nSPS) is 19.9. The second-order valence-corrected chi connectivity index (χ2v) is 6.46. The Hall–Kier alpha value is -1.88. The number of nitrogens with two attached hydrogens (primary N) is 1. The summed E-state index contributed by atoms with van der Waals surface area (Å²) in [5.41, 5.74) is 7.59. The van der Waals surface area contributed by atoms with Crippen LogP contribution in [0.5, 0.6) is 0 Å². The van der Waals surface area contributed by atoms with Crippen LogP contribution in [0.3, 0.4) is 0 Å². The van der Waals surface area contributed by atoms with Gasteiger partial charge in [-0.2, -0.15) is 0 Å². The lowest BCUT2D eigenvalue weighted by atomic mass is 9.97. The smallest absolute Gasteiger partial charge is 0.231 e. The molecular weight excluding hydrogens is 276 g/mol. The van der Waals surface area contributed by atoms with Crippen LogP contribution in [-0.4, -0.2) is 40.0 Å². The minimum absolute atomic E-state index is 0.252. The van der Waals surface area contributed by atoms with Crippen molar-refractivity contribution in [3.05, 3.63) is 30.1 Å². The van der Waals surface area contributed by atoms with Gasteiger partial charge >= 0.3 is 0 Å². The summed E-state index contributed by atoms with van der Waals surface area (Å²) in [5.74, 6) is 1.26. The topological polar surface area (TPSA) is 64.2 Å². The lowest BCUT2D eigenvalue weighted by molar-refractivity contribution is -0.119. The summed E-state index contributed by atoms with van der Waals surface area (Å²) in [6.45, 7) is 6.54. The maximum absolute atomic E-state index is 11.2. The number of amides is 1. The van der Waals surface area contributed by atoms with Gasteiger partial charge in [0.25, 0.3) is 0 Å². The zero-order valence-corrected chi connectivity index (χ0v) is 13.3. The second kappa shape index (κ2) is 6.08. The van der Waals surface area contributed by atoms with E-state index >= 15 is 0 Å². The summed E-state index contributed by atoms with van der Waals surface area (Å²) in [5, 5.41) is 0. The van der Waals surface area contributed by atoms with Gasteiger partial charge in [0, 0.05) is 18.5 Å².